The molecule has 0 amide bonds. The van der Waals surface area contributed by atoms with Crippen LogP contribution in [0.4, 0.5) is 0 Å². The van der Waals surface area contributed by atoms with E-state index < -0.39 is 63.7 Å². The van der Waals surface area contributed by atoms with Crippen LogP contribution in [0.2, 0.25) is 5.02 Å². The molecule has 2 unspecified atom stereocenters. The van der Waals surface area contributed by atoms with Crippen molar-refractivity contribution in [3.05, 3.63) is 47.0 Å². The number of hydrogen-bond acceptors (Lipinski definition) is 7. The molecule has 2 saturated heterocycles. The number of aliphatic hydroxyl groups is 2. The molecular weight excluding hydrogens is 472 g/mol. The second-order valence-electron chi connectivity index (χ2n) is 11.6. The Balaban J connectivity index is 1.55. The molecule has 2 N–H and O–H groups in total. The van der Waals surface area contributed by atoms with Crippen LogP contribution in [0.15, 0.2) is 36.4 Å². The van der Waals surface area contributed by atoms with E-state index in [9.17, 15) is 24.6 Å². The van der Waals surface area contributed by atoms with Crippen LogP contribution in [0, 0.1) is 34.0 Å². The fraction of sp³-hybridized carbons (Fsp3) is 0.593. The number of hydrogen-bond donors (Lipinski definition) is 2. The van der Waals surface area contributed by atoms with E-state index in [-0.39, 0.29) is 28.5 Å². The first kappa shape index (κ1) is 23.3. The van der Waals surface area contributed by atoms with Crippen LogP contribution < -0.4 is 0 Å². The van der Waals surface area contributed by atoms with Crippen molar-refractivity contribution in [1.82, 2.24) is 0 Å². The average Bonchev–Trinajstić information content (AvgIpc) is 2.93. The summed E-state index contributed by atoms with van der Waals surface area (Å²) in [4.78, 5) is 41.0. The topological polar surface area (TPSA) is 110 Å². The highest BCUT2D eigenvalue weighted by Crippen LogP contribution is 2.76. The van der Waals surface area contributed by atoms with Crippen molar-refractivity contribution in [2.24, 2.45) is 34.0 Å². The summed E-state index contributed by atoms with van der Waals surface area (Å²) in [6, 6.07) is 6.43. The van der Waals surface area contributed by atoms with Gasteiger partial charge in [-0.3, -0.25) is 9.59 Å². The lowest BCUT2D eigenvalue weighted by molar-refractivity contribution is -0.436. The summed E-state index contributed by atoms with van der Waals surface area (Å²) in [6.07, 6.45) is -0.840. The number of fused-ring (bicyclic) bond motifs is 2. The third kappa shape index (κ3) is 2.46. The summed E-state index contributed by atoms with van der Waals surface area (Å²) in [5.41, 5.74) is -3.08. The van der Waals surface area contributed by atoms with Crippen LogP contribution in [-0.4, -0.2) is 52.4 Å². The molecule has 4 saturated carbocycles. The minimum absolute atomic E-state index is 0.0630. The molecule has 8 atom stereocenters. The van der Waals surface area contributed by atoms with Gasteiger partial charge in [-0.2, -0.15) is 0 Å². The molecule has 4 bridgehead atoms. The molecule has 2 aliphatic heterocycles. The normalized spacial score (nSPS) is 45.2. The predicted octanol–water partition coefficient (Wildman–Crippen LogP) is 3.10. The number of carbonyl (C=O) groups excluding carboxylic acids is 3. The first-order chi connectivity index (χ1) is 16.4. The molecule has 6 fully saturated rings. The zero-order valence-electron chi connectivity index (χ0n) is 19.8. The summed E-state index contributed by atoms with van der Waals surface area (Å²) in [7, 11) is 0. The molecule has 1 aromatic rings. The van der Waals surface area contributed by atoms with Crippen LogP contribution in [0.5, 0.6) is 0 Å². The van der Waals surface area contributed by atoms with E-state index in [4.69, 9.17) is 21.1 Å². The van der Waals surface area contributed by atoms with Gasteiger partial charge in [0.1, 0.15) is 23.4 Å². The summed E-state index contributed by atoms with van der Waals surface area (Å²) in [5.74, 6) is -5.41. The molecule has 0 radical (unpaired) electrons. The monoisotopic (exact) mass is 500 g/mol. The molecule has 2 heterocycles. The van der Waals surface area contributed by atoms with E-state index >= 15 is 0 Å². The molecule has 186 valence electrons. The first-order valence-electron chi connectivity index (χ1n) is 12.2. The van der Waals surface area contributed by atoms with Crippen LogP contribution >= 0.6 is 11.6 Å². The Kier molecular flexibility index (Phi) is 4.69. The number of carbonyl (C=O) groups is 3. The van der Waals surface area contributed by atoms with Gasteiger partial charge in [0.15, 0.2) is 5.78 Å². The quantitative estimate of drug-likeness (QED) is 0.474. The van der Waals surface area contributed by atoms with Gasteiger partial charge in [-0.25, -0.2) is 4.79 Å². The number of esters is 1. The van der Waals surface area contributed by atoms with Crippen LogP contribution in [0.25, 0.3) is 0 Å². The predicted molar refractivity (Wildman–Crippen MR) is 124 cm³/mol. The van der Waals surface area contributed by atoms with Crippen LogP contribution in [0.1, 0.15) is 49.9 Å². The minimum atomic E-state index is -2.32. The number of halogens is 1. The number of ether oxygens (including phenoxy) is 2. The van der Waals surface area contributed by atoms with Gasteiger partial charge in [0, 0.05) is 18.3 Å². The largest absolute Gasteiger partial charge is 0.457 e. The SMILES string of the molecule is C=C1C(=O)C23[C@H](OC(=O)c4ccccc4Cl)[C@H]1CC[C@H]2C12CO[C@@]3(O)[C@@H](O)[C@@H]1C(C)(C)CCC2=O. The molecule has 6 aliphatic rings. The Morgan fingerprint density at radius 1 is 1.23 bits per heavy atom. The molecule has 4 aliphatic carbocycles. The average molecular weight is 501 g/mol. The molecule has 7 rings (SSSR count). The van der Waals surface area contributed by atoms with Gasteiger partial charge in [-0.1, -0.05) is 44.2 Å². The molecule has 8 heteroatoms. The Morgan fingerprint density at radius 3 is 2.66 bits per heavy atom. The van der Waals surface area contributed by atoms with E-state index in [0.29, 0.717) is 25.7 Å². The second kappa shape index (κ2) is 7.03. The first-order valence-corrected chi connectivity index (χ1v) is 12.6. The van der Waals surface area contributed by atoms with E-state index in [1.165, 1.54) is 6.07 Å². The van der Waals surface area contributed by atoms with Crippen LogP contribution in [0.3, 0.4) is 0 Å². The molecule has 1 aromatic carbocycles. The summed E-state index contributed by atoms with van der Waals surface area (Å²) in [5, 5.41) is 24.0. The second-order valence-corrected chi connectivity index (χ2v) is 12.0. The molecule has 2 spiro atoms. The van der Waals surface area contributed by atoms with Crippen LogP contribution in [-0.2, 0) is 19.1 Å². The van der Waals surface area contributed by atoms with Gasteiger partial charge >= 0.3 is 5.97 Å². The van der Waals surface area contributed by atoms with Gasteiger partial charge < -0.3 is 19.7 Å². The fourth-order valence-corrected chi connectivity index (χ4v) is 8.78. The molecule has 0 aromatic heterocycles. The summed E-state index contributed by atoms with van der Waals surface area (Å²) >= 11 is 6.23. The molecule has 35 heavy (non-hydrogen) atoms. The molecule has 7 nitrogen and oxygen atoms in total. The van der Waals surface area contributed by atoms with Gasteiger partial charge in [-0.15, -0.1) is 0 Å². The summed E-state index contributed by atoms with van der Waals surface area (Å²) < 4.78 is 12.0. The Labute approximate surface area is 208 Å². The standard InChI is InChI=1S/C27H29ClO7/c1-13-14-8-9-17-25-12-34-27(33,21(31)19(25)24(2,3)11-10-18(25)29)26(17,20(13)30)22(14)35-23(32)15-6-4-5-7-16(15)28/h4-7,14,17,19,21-22,31,33H,1,8-12H2,2-3H3/t14-,17-,19+,21-,22+,25?,26?,27-/m0/s1. The fourth-order valence-electron chi connectivity index (χ4n) is 8.57. The van der Waals surface area contributed by atoms with Crippen molar-refractivity contribution >= 4 is 29.1 Å². The minimum Gasteiger partial charge on any atom is -0.457 e. The third-order valence-electron chi connectivity index (χ3n) is 9.95. The number of rotatable bonds is 2. The van der Waals surface area contributed by atoms with Crippen molar-refractivity contribution in [3.63, 3.8) is 0 Å². The van der Waals surface area contributed by atoms with E-state index in [1.807, 2.05) is 13.8 Å². The number of benzene rings is 1. The van der Waals surface area contributed by atoms with Gasteiger partial charge in [0.2, 0.25) is 5.79 Å². The lowest BCUT2D eigenvalue weighted by Gasteiger charge is -2.72. The highest BCUT2D eigenvalue weighted by atomic mass is 35.5. The lowest BCUT2D eigenvalue weighted by atomic mass is 9.36. The number of ketones is 2. The van der Waals surface area contributed by atoms with Crippen molar-refractivity contribution in [2.75, 3.05) is 6.61 Å². The highest BCUT2D eigenvalue weighted by molar-refractivity contribution is 6.33. The number of Topliss-reactive ketones (excluding diaryl/α,β-unsaturated/α-hetero) is 2. The highest BCUT2D eigenvalue weighted by Gasteiger charge is 2.88. The van der Waals surface area contributed by atoms with Gasteiger partial charge in [0.25, 0.3) is 0 Å². The van der Waals surface area contributed by atoms with Gasteiger partial charge in [-0.05, 0) is 48.3 Å². The van der Waals surface area contributed by atoms with Crippen molar-refractivity contribution < 1.29 is 34.1 Å². The third-order valence-corrected chi connectivity index (χ3v) is 10.3. The smallest absolute Gasteiger partial charge is 0.339 e. The van der Waals surface area contributed by atoms with E-state index in [2.05, 4.69) is 6.58 Å². The van der Waals surface area contributed by atoms with Gasteiger partial charge in [0.05, 0.1) is 22.6 Å². The Bertz CT molecular complexity index is 1190. The zero-order valence-corrected chi connectivity index (χ0v) is 20.5. The van der Waals surface area contributed by atoms with Crippen molar-refractivity contribution in [2.45, 2.75) is 57.5 Å². The summed E-state index contributed by atoms with van der Waals surface area (Å²) in [6.45, 7) is 7.90. The van der Waals surface area contributed by atoms with Crippen molar-refractivity contribution in [3.8, 4) is 0 Å². The maximum atomic E-state index is 14.0. The van der Waals surface area contributed by atoms with E-state index in [1.54, 1.807) is 18.2 Å². The molecular formula is C27H29ClO7. The Morgan fingerprint density at radius 2 is 1.94 bits per heavy atom. The maximum Gasteiger partial charge on any atom is 0.339 e. The lowest BCUT2D eigenvalue weighted by Crippen LogP contribution is -2.85. The number of aliphatic hydroxyl groups excluding tert-OH is 1. The van der Waals surface area contributed by atoms with E-state index in [0.717, 1.165) is 0 Å². The van der Waals surface area contributed by atoms with Crippen molar-refractivity contribution in [1.29, 1.82) is 0 Å². The zero-order chi connectivity index (χ0) is 25.1. The Hall–Kier alpha value is -2.06. The maximum absolute atomic E-state index is 14.0.